The van der Waals surface area contributed by atoms with Crippen molar-refractivity contribution in [1.82, 2.24) is 19.9 Å². The molecular formula is C26H25ClFN5O3. The van der Waals surface area contributed by atoms with Crippen LogP contribution >= 0.6 is 11.6 Å². The zero-order chi connectivity index (χ0) is 24.9. The first-order chi connectivity index (χ1) is 17.4. The van der Waals surface area contributed by atoms with Crippen molar-refractivity contribution < 1.29 is 18.7 Å². The van der Waals surface area contributed by atoms with Crippen molar-refractivity contribution in [3.05, 3.63) is 54.1 Å². The Hall–Kier alpha value is -3.46. The average molecular weight is 510 g/mol. The topological polar surface area (TPSA) is 89.5 Å². The number of carbonyl (C=O) groups excluding carboxylic acids is 1. The third-order valence-electron chi connectivity index (χ3n) is 7.37. The Balaban J connectivity index is 1.19. The number of nitrogens with one attached hydrogen (secondary N) is 1. The summed E-state index contributed by atoms with van der Waals surface area (Å²) in [5.74, 6) is 1.13. The van der Waals surface area contributed by atoms with Crippen molar-refractivity contribution in [1.29, 1.82) is 0 Å². The molecule has 0 radical (unpaired) electrons. The van der Waals surface area contributed by atoms with Gasteiger partial charge in [0.25, 0.3) is 0 Å². The fraction of sp³-hybridized carbons (Fsp3) is 0.385. The molecule has 1 aliphatic heterocycles. The minimum absolute atomic E-state index is 0.0678. The van der Waals surface area contributed by atoms with Crippen LogP contribution in [0.2, 0.25) is 5.02 Å². The molecule has 10 heteroatoms. The van der Waals surface area contributed by atoms with Crippen LogP contribution in [0.4, 0.5) is 15.9 Å². The van der Waals surface area contributed by atoms with Gasteiger partial charge in [-0.1, -0.05) is 18.2 Å². The maximum atomic E-state index is 15.2. The number of anilines is 2. The first kappa shape index (κ1) is 23.0. The van der Waals surface area contributed by atoms with Crippen LogP contribution in [-0.2, 0) is 4.79 Å². The van der Waals surface area contributed by atoms with Crippen molar-refractivity contribution in [2.75, 3.05) is 25.0 Å². The molecule has 3 aromatic rings. The van der Waals surface area contributed by atoms with Gasteiger partial charge in [-0.05, 0) is 49.5 Å². The Morgan fingerprint density at radius 3 is 2.86 bits per heavy atom. The highest BCUT2D eigenvalue weighted by molar-refractivity contribution is 6.32. The lowest BCUT2D eigenvalue weighted by atomic mass is 9.45. The third kappa shape index (κ3) is 4.11. The van der Waals surface area contributed by atoms with Crippen molar-refractivity contribution in [3.8, 4) is 11.6 Å². The smallest absolute Gasteiger partial charge is 0.246 e. The molecule has 1 amide bonds. The molecular weight excluding hydrogens is 485 g/mol. The minimum Gasteiger partial charge on any atom is -0.491 e. The van der Waals surface area contributed by atoms with Crippen LogP contribution in [-0.4, -0.2) is 51.6 Å². The highest BCUT2D eigenvalue weighted by Gasteiger charge is 2.57. The van der Waals surface area contributed by atoms with Gasteiger partial charge in [0.1, 0.15) is 28.7 Å². The summed E-state index contributed by atoms with van der Waals surface area (Å²) in [6.07, 6.45) is 6.76. The van der Waals surface area contributed by atoms with Crippen molar-refractivity contribution in [2.45, 2.75) is 31.8 Å². The third-order valence-corrected chi connectivity index (χ3v) is 7.73. The first-order valence-electron chi connectivity index (χ1n) is 12.0. The Kier molecular flexibility index (Phi) is 5.67. The van der Waals surface area contributed by atoms with Gasteiger partial charge in [0.05, 0.1) is 24.4 Å². The lowest BCUT2D eigenvalue weighted by molar-refractivity contribution is -0.131. The van der Waals surface area contributed by atoms with Crippen molar-refractivity contribution >= 4 is 40.0 Å². The van der Waals surface area contributed by atoms with Crippen LogP contribution in [0.1, 0.15) is 25.7 Å². The summed E-state index contributed by atoms with van der Waals surface area (Å²) in [6, 6.07) is 6.72. The van der Waals surface area contributed by atoms with Gasteiger partial charge >= 0.3 is 0 Å². The maximum absolute atomic E-state index is 15.2. The SMILES string of the molecule is C=CC(=O)N1CC[C@H](Oc2ccc3ncnc(Nc4ccc(OCC56CC(C5)C6)c(Cl)c4F)c3n2)C1. The highest BCUT2D eigenvalue weighted by atomic mass is 35.5. The van der Waals surface area contributed by atoms with E-state index in [4.69, 9.17) is 21.1 Å². The van der Waals surface area contributed by atoms with Crippen LogP contribution in [0, 0.1) is 17.2 Å². The molecule has 1 N–H and O–H groups in total. The van der Waals surface area contributed by atoms with E-state index in [-0.39, 0.29) is 28.1 Å². The predicted octanol–water partition coefficient (Wildman–Crippen LogP) is 4.91. The van der Waals surface area contributed by atoms with E-state index in [1.165, 1.54) is 31.7 Å². The van der Waals surface area contributed by atoms with Crippen LogP contribution in [0.15, 0.2) is 43.2 Å². The van der Waals surface area contributed by atoms with Gasteiger partial charge in [0, 0.05) is 24.4 Å². The fourth-order valence-electron chi connectivity index (χ4n) is 5.34. The molecule has 3 saturated carbocycles. The zero-order valence-electron chi connectivity index (χ0n) is 19.5. The molecule has 4 aliphatic rings. The van der Waals surface area contributed by atoms with E-state index in [1.54, 1.807) is 29.2 Å². The maximum Gasteiger partial charge on any atom is 0.246 e. The van der Waals surface area contributed by atoms with Crippen LogP contribution in [0.5, 0.6) is 11.6 Å². The summed E-state index contributed by atoms with van der Waals surface area (Å²) in [4.78, 5) is 26.6. The molecule has 2 aromatic heterocycles. The largest absolute Gasteiger partial charge is 0.491 e. The lowest BCUT2D eigenvalue weighted by Crippen LogP contribution is -2.55. The van der Waals surface area contributed by atoms with E-state index in [9.17, 15) is 4.79 Å². The molecule has 7 rings (SSSR count). The second kappa shape index (κ2) is 8.89. The zero-order valence-corrected chi connectivity index (χ0v) is 20.3. The number of amides is 1. The number of pyridine rings is 1. The summed E-state index contributed by atoms with van der Waals surface area (Å²) in [5, 5.41) is 2.92. The summed E-state index contributed by atoms with van der Waals surface area (Å²) in [6.45, 7) is 5.15. The Morgan fingerprint density at radius 1 is 1.28 bits per heavy atom. The minimum atomic E-state index is -0.621. The normalized spacial score (nSPS) is 24.1. The van der Waals surface area contributed by atoms with Gasteiger partial charge in [-0.2, -0.15) is 0 Å². The quantitative estimate of drug-likeness (QED) is 0.432. The molecule has 1 aromatic carbocycles. The number of hydrogen-bond acceptors (Lipinski definition) is 7. The van der Waals surface area contributed by atoms with Gasteiger partial charge in [-0.15, -0.1) is 0 Å². The number of benzene rings is 1. The molecule has 3 heterocycles. The van der Waals surface area contributed by atoms with Gasteiger partial charge in [0.2, 0.25) is 11.8 Å². The molecule has 8 nitrogen and oxygen atoms in total. The molecule has 1 saturated heterocycles. The average Bonchev–Trinajstić information content (AvgIpc) is 3.30. The van der Waals surface area contributed by atoms with Crippen LogP contribution in [0.25, 0.3) is 11.0 Å². The number of halogens is 2. The predicted molar refractivity (Wildman–Crippen MR) is 133 cm³/mol. The number of likely N-dealkylation sites (tertiary alicyclic amines) is 1. The van der Waals surface area contributed by atoms with Gasteiger partial charge in [-0.25, -0.2) is 19.3 Å². The van der Waals surface area contributed by atoms with Gasteiger partial charge in [0.15, 0.2) is 11.6 Å². The highest BCUT2D eigenvalue weighted by Crippen LogP contribution is 2.64. The van der Waals surface area contributed by atoms with E-state index >= 15 is 4.39 Å². The van der Waals surface area contributed by atoms with Gasteiger partial charge in [-0.3, -0.25) is 4.79 Å². The molecule has 2 bridgehead atoms. The van der Waals surface area contributed by atoms with Crippen molar-refractivity contribution in [3.63, 3.8) is 0 Å². The Bertz CT molecular complexity index is 1350. The molecule has 0 spiro atoms. The molecule has 1 atom stereocenters. The van der Waals surface area contributed by atoms with E-state index in [0.29, 0.717) is 54.6 Å². The second-order valence-electron chi connectivity index (χ2n) is 9.89. The van der Waals surface area contributed by atoms with E-state index < -0.39 is 5.82 Å². The number of rotatable bonds is 8. The summed E-state index contributed by atoms with van der Waals surface area (Å²) < 4.78 is 27.0. The van der Waals surface area contributed by atoms with Gasteiger partial charge < -0.3 is 19.7 Å². The summed E-state index contributed by atoms with van der Waals surface area (Å²) in [7, 11) is 0. The summed E-state index contributed by atoms with van der Waals surface area (Å²) >= 11 is 6.31. The Labute approximate surface area is 212 Å². The van der Waals surface area contributed by atoms with Crippen LogP contribution in [0.3, 0.4) is 0 Å². The number of hydrogen-bond donors (Lipinski definition) is 1. The molecule has 3 aliphatic carbocycles. The van der Waals surface area contributed by atoms with E-state index in [0.717, 1.165) is 5.92 Å². The number of nitrogens with zero attached hydrogens (tertiary/aromatic N) is 4. The standard InChI is InChI=1S/C26H25ClFN5O3/c1-2-21(34)33-8-7-16(12-33)36-20-6-4-18-24(32-20)25(30-14-29-18)31-17-3-5-19(22(27)23(17)28)35-13-26-9-15(10-26)11-26/h2-6,14-16H,1,7-13H2,(H,29,30,31)/t15?,16-,26?/m0/s1. The number of carbonyl (C=O) groups is 1. The fourth-order valence-corrected chi connectivity index (χ4v) is 5.56. The molecule has 4 fully saturated rings. The monoisotopic (exact) mass is 509 g/mol. The van der Waals surface area contributed by atoms with E-state index in [1.807, 2.05) is 0 Å². The number of fused-ring (bicyclic) bond motifs is 1. The number of aromatic nitrogens is 3. The van der Waals surface area contributed by atoms with Crippen LogP contribution < -0.4 is 14.8 Å². The van der Waals surface area contributed by atoms with Crippen molar-refractivity contribution in [2.24, 2.45) is 11.3 Å². The number of ether oxygens (including phenoxy) is 2. The molecule has 0 unspecified atom stereocenters. The Morgan fingerprint density at radius 2 is 2.11 bits per heavy atom. The molecule has 186 valence electrons. The molecule has 36 heavy (non-hydrogen) atoms. The second-order valence-corrected chi connectivity index (χ2v) is 10.3. The lowest BCUT2D eigenvalue weighted by Gasteiger charge is -2.61. The summed E-state index contributed by atoms with van der Waals surface area (Å²) in [5.41, 5.74) is 1.41. The van der Waals surface area contributed by atoms with E-state index in [2.05, 4.69) is 26.8 Å². The first-order valence-corrected chi connectivity index (χ1v) is 12.4.